The lowest BCUT2D eigenvalue weighted by Gasteiger charge is -2.14. The Morgan fingerprint density at radius 1 is 1.19 bits per heavy atom. The molecule has 1 unspecified atom stereocenters. The van der Waals surface area contributed by atoms with E-state index in [1.165, 1.54) is 19.2 Å². The summed E-state index contributed by atoms with van der Waals surface area (Å²) in [4.78, 5) is 12.5. The fourth-order valence-electron chi connectivity index (χ4n) is 2.00. The van der Waals surface area contributed by atoms with Gasteiger partial charge >= 0.3 is 0 Å². The van der Waals surface area contributed by atoms with Crippen molar-refractivity contribution in [2.24, 2.45) is 0 Å². The van der Waals surface area contributed by atoms with Crippen LogP contribution in [0.25, 0.3) is 0 Å². The summed E-state index contributed by atoms with van der Waals surface area (Å²) in [5.74, 6) is 0.0226. The predicted molar refractivity (Wildman–Crippen MR) is 79.6 cm³/mol. The van der Waals surface area contributed by atoms with Crippen molar-refractivity contribution in [1.82, 2.24) is 0 Å². The molecule has 0 aliphatic rings. The lowest BCUT2D eigenvalue weighted by Crippen LogP contribution is -2.09. The number of rotatable bonds is 5. The molecule has 0 bridgehead atoms. The Morgan fingerprint density at radius 2 is 1.90 bits per heavy atom. The lowest BCUT2D eigenvalue weighted by atomic mass is 10.0. The predicted octanol–water partition coefficient (Wildman–Crippen LogP) is 2.21. The first-order chi connectivity index (χ1) is 10.1. The molecule has 0 heterocycles. The summed E-state index contributed by atoms with van der Waals surface area (Å²) in [6.45, 7) is 0. The number of hydrogen-bond acceptors (Lipinski definition) is 5. The maximum absolute atomic E-state index is 12.6. The van der Waals surface area contributed by atoms with Gasteiger partial charge < -0.3 is 14.6 Å². The molecule has 2 aromatic rings. The topological polar surface area (TPSA) is 78.5 Å². The first kappa shape index (κ1) is 15.2. The van der Waals surface area contributed by atoms with Crippen LogP contribution in [0.15, 0.2) is 47.4 Å². The number of carbonyl (C=O) groups excluding carboxylic acids is 1. The molecular weight excluding hydrogens is 290 g/mol. The number of hydrogen-bond donors (Lipinski definition) is 1. The third kappa shape index (κ3) is 3.12. The number of anilines is 1. The van der Waals surface area contributed by atoms with Gasteiger partial charge in [-0.1, -0.05) is 12.1 Å². The molecule has 2 aromatic carbocycles. The summed E-state index contributed by atoms with van der Waals surface area (Å²) < 4.78 is 27.7. The fourth-order valence-corrected chi connectivity index (χ4v) is 2.55. The average molecular weight is 304 g/mol. The summed E-state index contributed by atoms with van der Waals surface area (Å²) in [6.07, 6.45) is 0. The zero-order valence-electron chi connectivity index (χ0n) is 11.6. The molecule has 0 aliphatic carbocycles. The molecule has 0 aliphatic heterocycles. The van der Waals surface area contributed by atoms with Crippen molar-refractivity contribution in [1.29, 1.82) is 0 Å². The van der Waals surface area contributed by atoms with Crippen molar-refractivity contribution in [3.63, 3.8) is 0 Å². The van der Waals surface area contributed by atoms with Gasteiger partial charge in [0.05, 0.1) is 7.11 Å². The minimum absolute atomic E-state index is 0.0785. The highest BCUT2D eigenvalue weighted by molar-refractivity contribution is 7.79. The van der Waals surface area contributed by atoms with E-state index in [0.717, 1.165) is 0 Å². The van der Waals surface area contributed by atoms with Crippen molar-refractivity contribution < 1.29 is 18.3 Å². The van der Waals surface area contributed by atoms with Gasteiger partial charge in [-0.15, -0.1) is 0 Å². The third-order valence-corrected chi connectivity index (χ3v) is 3.75. The maximum atomic E-state index is 12.6. The largest absolute Gasteiger partial charge is 0.768 e. The molecular formula is C15H14NO4S-. The molecule has 0 amide bonds. The van der Waals surface area contributed by atoms with Gasteiger partial charge in [-0.05, 0) is 41.4 Å². The molecule has 0 saturated heterocycles. The molecule has 110 valence electrons. The quantitative estimate of drug-likeness (QED) is 0.677. The molecule has 2 rings (SSSR count). The van der Waals surface area contributed by atoms with E-state index in [0.29, 0.717) is 17.0 Å². The molecule has 0 fully saturated rings. The summed E-state index contributed by atoms with van der Waals surface area (Å²) in [5.41, 5.74) is 1.17. The van der Waals surface area contributed by atoms with Crippen LogP contribution in [-0.4, -0.2) is 28.7 Å². The number of nitrogens with one attached hydrogen (secondary N) is 1. The van der Waals surface area contributed by atoms with Gasteiger partial charge in [0, 0.05) is 28.8 Å². The molecule has 0 spiro atoms. The summed E-state index contributed by atoms with van der Waals surface area (Å²) >= 11 is -2.53. The second kappa shape index (κ2) is 6.51. The van der Waals surface area contributed by atoms with Gasteiger partial charge in [-0.3, -0.25) is 9.00 Å². The van der Waals surface area contributed by atoms with Crippen LogP contribution in [0.1, 0.15) is 15.9 Å². The van der Waals surface area contributed by atoms with E-state index >= 15 is 0 Å². The summed E-state index contributed by atoms with van der Waals surface area (Å²) in [6, 6.07) is 11.3. The number of ketones is 1. The Morgan fingerprint density at radius 3 is 2.52 bits per heavy atom. The zero-order valence-corrected chi connectivity index (χ0v) is 12.4. The number of carbonyl (C=O) groups is 1. The monoisotopic (exact) mass is 304 g/mol. The van der Waals surface area contributed by atoms with Crippen LogP contribution in [0.4, 0.5) is 5.69 Å². The minimum Gasteiger partial charge on any atom is -0.768 e. The number of methoxy groups -OCH3 is 1. The highest BCUT2D eigenvalue weighted by atomic mass is 32.2. The number of ether oxygens (including phenoxy) is 1. The highest BCUT2D eigenvalue weighted by Gasteiger charge is 2.17. The van der Waals surface area contributed by atoms with Crippen LogP contribution in [0, 0.1) is 0 Å². The third-order valence-electron chi connectivity index (χ3n) is 3.05. The van der Waals surface area contributed by atoms with Crippen molar-refractivity contribution >= 4 is 22.6 Å². The van der Waals surface area contributed by atoms with Crippen LogP contribution >= 0.6 is 0 Å². The van der Waals surface area contributed by atoms with E-state index in [4.69, 9.17) is 4.74 Å². The molecule has 1 N–H and O–H groups in total. The van der Waals surface area contributed by atoms with E-state index in [1.54, 1.807) is 37.4 Å². The van der Waals surface area contributed by atoms with Crippen molar-refractivity contribution in [3.8, 4) is 5.75 Å². The van der Waals surface area contributed by atoms with Gasteiger partial charge in [-0.2, -0.15) is 0 Å². The normalized spacial score (nSPS) is 11.8. The van der Waals surface area contributed by atoms with Gasteiger partial charge in [0.25, 0.3) is 0 Å². The van der Waals surface area contributed by atoms with Crippen LogP contribution in [0.2, 0.25) is 0 Å². The van der Waals surface area contributed by atoms with E-state index in [9.17, 15) is 13.6 Å². The van der Waals surface area contributed by atoms with E-state index in [-0.39, 0.29) is 16.2 Å². The Hall–Kier alpha value is -2.18. The van der Waals surface area contributed by atoms with Crippen molar-refractivity contribution in [2.75, 3.05) is 19.5 Å². The smallest absolute Gasteiger partial charge is 0.196 e. The fraction of sp³-hybridized carbons (Fsp3) is 0.133. The molecule has 0 aromatic heterocycles. The Balaban J connectivity index is 2.55. The first-order valence-electron chi connectivity index (χ1n) is 6.17. The molecule has 5 nitrogen and oxygen atoms in total. The van der Waals surface area contributed by atoms with Crippen molar-refractivity contribution in [3.05, 3.63) is 53.6 Å². The molecule has 0 saturated carbocycles. The van der Waals surface area contributed by atoms with Gasteiger partial charge in [0.1, 0.15) is 5.75 Å². The Labute approximate surface area is 125 Å². The summed E-state index contributed by atoms with van der Waals surface area (Å²) in [7, 11) is 3.14. The van der Waals surface area contributed by atoms with Crippen LogP contribution in [-0.2, 0) is 11.1 Å². The van der Waals surface area contributed by atoms with Crippen molar-refractivity contribution in [2.45, 2.75) is 4.90 Å². The average Bonchev–Trinajstić information content (AvgIpc) is 2.53. The molecule has 6 heteroatoms. The second-order valence-electron chi connectivity index (χ2n) is 4.22. The molecule has 0 radical (unpaired) electrons. The zero-order chi connectivity index (χ0) is 15.4. The maximum Gasteiger partial charge on any atom is 0.196 e. The van der Waals surface area contributed by atoms with Gasteiger partial charge in [0.2, 0.25) is 0 Å². The summed E-state index contributed by atoms with van der Waals surface area (Å²) in [5, 5.41) is 2.92. The van der Waals surface area contributed by atoms with E-state index in [1.807, 2.05) is 0 Å². The van der Waals surface area contributed by atoms with Gasteiger partial charge in [0.15, 0.2) is 5.78 Å². The van der Waals surface area contributed by atoms with Crippen LogP contribution < -0.4 is 10.1 Å². The molecule has 1 atom stereocenters. The molecule has 21 heavy (non-hydrogen) atoms. The van der Waals surface area contributed by atoms with E-state index in [2.05, 4.69) is 5.32 Å². The number of benzene rings is 2. The van der Waals surface area contributed by atoms with Gasteiger partial charge in [-0.25, -0.2) is 0 Å². The standard InChI is InChI=1S/C15H15NO4S/c1-16-13-6-4-3-5-11(13)15(17)12-8-7-10(20-2)9-14(12)21(18)19/h3-9,16H,1-2H3,(H,18,19)/p-1. The first-order valence-corrected chi connectivity index (χ1v) is 7.24. The minimum atomic E-state index is -2.53. The van der Waals surface area contributed by atoms with E-state index < -0.39 is 11.1 Å². The lowest BCUT2D eigenvalue weighted by molar-refractivity contribution is 0.103. The van der Waals surface area contributed by atoms with Crippen LogP contribution in [0.5, 0.6) is 5.75 Å². The Kier molecular flexibility index (Phi) is 4.72. The second-order valence-corrected chi connectivity index (χ2v) is 5.13. The van der Waals surface area contributed by atoms with Crippen LogP contribution in [0.3, 0.4) is 0 Å². The SMILES string of the molecule is CNc1ccccc1C(=O)c1ccc(OC)cc1S(=O)[O-]. The highest BCUT2D eigenvalue weighted by Crippen LogP contribution is 2.25. The number of para-hydroxylation sites is 1. The Bertz CT molecular complexity index is 700.